The minimum Gasteiger partial charge on any atom is -0.369 e. The van der Waals surface area contributed by atoms with Gasteiger partial charge in [0.2, 0.25) is 21.8 Å². The van der Waals surface area contributed by atoms with Crippen LogP contribution in [0.5, 0.6) is 0 Å². The zero-order chi connectivity index (χ0) is 23.6. The summed E-state index contributed by atoms with van der Waals surface area (Å²) in [5.41, 5.74) is 3.91. The standard InChI is InChI=1S/C22H29Cl2N3O4S/c1-4-27(32(30,31)16-7-5-6-15(23)17(16)24)21(2,3)20(29)26-18-13-8-12-9-22(10-13,19(25)28)11-14(12)18/h5-7,12-14,18H,4,8-11H2,1-3H3,(H2,25,28)(H,26,29). The van der Waals surface area contributed by atoms with E-state index >= 15 is 0 Å². The summed E-state index contributed by atoms with van der Waals surface area (Å²) in [7, 11) is -4.09. The van der Waals surface area contributed by atoms with Crippen molar-refractivity contribution in [1.29, 1.82) is 0 Å². The molecular formula is C22H29Cl2N3O4S. The number of sulfonamides is 1. The van der Waals surface area contributed by atoms with Gasteiger partial charge in [-0.1, -0.05) is 36.2 Å². The molecule has 32 heavy (non-hydrogen) atoms. The lowest BCUT2D eigenvalue weighted by atomic mass is 9.67. The number of likely N-dealkylation sites (N-methyl/N-ethyl adjacent to an activating group) is 1. The van der Waals surface area contributed by atoms with Crippen LogP contribution in [-0.4, -0.2) is 42.7 Å². The van der Waals surface area contributed by atoms with Crippen LogP contribution in [0.1, 0.15) is 46.5 Å². The summed E-state index contributed by atoms with van der Waals surface area (Å²) in [6.45, 7) is 4.95. The summed E-state index contributed by atoms with van der Waals surface area (Å²) in [5.74, 6) is 0.173. The quantitative estimate of drug-likeness (QED) is 0.597. The molecule has 0 saturated heterocycles. The lowest BCUT2D eigenvalue weighted by molar-refractivity contribution is -0.132. The van der Waals surface area contributed by atoms with E-state index in [1.54, 1.807) is 20.8 Å². The van der Waals surface area contributed by atoms with Gasteiger partial charge in [0.1, 0.15) is 10.4 Å². The summed E-state index contributed by atoms with van der Waals surface area (Å²) < 4.78 is 28.1. The SMILES string of the molecule is CCN(C(C)(C)C(=O)NC1C2CC3CC(C(N)=O)(C2)CC31)S(=O)(=O)c1cccc(Cl)c1Cl. The van der Waals surface area contributed by atoms with Crippen molar-refractivity contribution in [3.8, 4) is 0 Å². The average Bonchev–Trinajstić information content (AvgIpc) is 3.10. The number of nitrogens with one attached hydrogen (secondary N) is 1. The first-order valence-corrected chi connectivity index (χ1v) is 13.1. The number of rotatable bonds is 7. The van der Waals surface area contributed by atoms with Gasteiger partial charge < -0.3 is 11.1 Å². The molecule has 176 valence electrons. The number of nitrogens with zero attached hydrogens (tertiary/aromatic N) is 1. The number of primary amides is 1. The maximum Gasteiger partial charge on any atom is 0.245 e. The Bertz CT molecular complexity index is 1070. The molecule has 4 fully saturated rings. The van der Waals surface area contributed by atoms with Crippen LogP contribution in [0.2, 0.25) is 10.0 Å². The highest BCUT2D eigenvalue weighted by molar-refractivity contribution is 7.89. The molecule has 10 heteroatoms. The Labute approximate surface area is 199 Å². The van der Waals surface area contributed by atoms with E-state index in [0.29, 0.717) is 18.8 Å². The number of carbonyl (C=O) groups excluding carboxylic acids is 2. The Balaban J connectivity index is 1.57. The summed E-state index contributed by atoms with van der Waals surface area (Å²) in [6, 6.07) is 4.35. The number of benzene rings is 1. The molecule has 0 aromatic heterocycles. The lowest BCUT2D eigenvalue weighted by Gasteiger charge is -2.42. The van der Waals surface area contributed by atoms with E-state index < -0.39 is 21.0 Å². The normalized spacial score (nSPS) is 31.3. The topological polar surface area (TPSA) is 110 Å². The van der Waals surface area contributed by atoms with Gasteiger partial charge in [0.15, 0.2) is 0 Å². The monoisotopic (exact) mass is 501 g/mol. The van der Waals surface area contributed by atoms with Gasteiger partial charge in [-0.15, -0.1) is 0 Å². The van der Waals surface area contributed by atoms with E-state index in [2.05, 4.69) is 5.32 Å². The van der Waals surface area contributed by atoms with E-state index in [0.717, 1.165) is 17.1 Å². The zero-order valence-electron chi connectivity index (χ0n) is 18.4. The van der Waals surface area contributed by atoms with Crippen LogP contribution in [-0.2, 0) is 19.6 Å². The molecule has 5 unspecified atom stereocenters. The van der Waals surface area contributed by atoms with E-state index in [-0.39, 0.29) is 51.2 Å². The summed E-state index contributed by atoms with van der Waals surface area (Å²) in [5, 5.41) is 3.21. The van der Waals surface area contributed by atoms with Gasteiger partial charge in [-0.3, -0.25) is 9.59 Å². The predicted octanol–water partition coefficient (Wildman–Crippen LogP) is 3.19. The van der Waals surface area contributed by atoms with Gasteiger partial charge in [-0.05, 0) is 69.4 Å². The van der Waals surface area contributed by atoms with Crippen molar-refractivity contribution in [3.05, 3.63) is 28.2 Å². The maximum absolute atomic E-state index is 13.4. The Hall–Kier alpha value is -1.35. The molecule has 5 rings (SSSR count). The number of amides is 2. The fraction of sp³-hybridized carbons (Fsp3) is 0.636. The van der Waals surface area contributed by atoms with Crippen molar-refractivity contribution >= 4 is 45.0 Å². The second-order valence-corrected chi connectivity index (χ2v) is 12.6. The molecule has 0 spiro atoms. The van der Waals surface area contributed by atoms with Gasteiger partial charge in [-0.2, -0.15) is 4.31 Å². The Morgan fingerprint density at radius 1 is 1.22 bits per heavy atom. The molecule has 0 radical (unpaired) electrons. The molecule has 4 saturated carbocycles. The molecule has 3 N–H and O–H groups in total. The highest BCUT2D eigenvalue weighted by Gasteiger charge is 2.63. The van der Waals surface area contributed by atoms with Crippen molar-refractivity contribution in [2.24, 2.45) is 28.9 Å². The first kappa shape index (κ1) is 23.8. The van der Waals surface area contributed by atoms with Gasteiger partial charge in [-0.25, -0.2) is 8.42 Å². The van der Waals surface area contributed by atoms with E-state index in [4.69, 9.17) is 28.9 Å². The molecule has 4 aliphatic rings. The minimum absolute atomic E-state index is 0.0642. The molecule has 4 aliphatic carbocycles. The molecule has 5 atom stereocenters. The fourth-order valence-corrected chi connectivity index (χ4v) is 8.93. The van der Waals surface area contributed by atoms with Gasteiger partial charge in [0.05, 0.1) is 10.0 Å². The zero-order valence-corrected chi connectivity index (χ0v) is 20.7. The van der Waals surface area contributed by atoms with Crippen LogP contribution in [0.4, 0.5) is 0 Å². The highest BCUT2D eigenvalue weighted by atomic mass is 35.5. The van der Waals surface area contributed by atoms with E-state index in [9.17, 15) is 18.0 Å². The molecule has 1 aromatic rings. The Morgan fingerprint density at radius 3 is 2.47 bits per heavy atom. The second-order valence-electron chi connectivity index (χ2n) is 9.96. The third kappa shape index (κ3) is 3.45. The number of carbonyl (C=O) groups is 2. The van der Waals surface area contributed by atoms with Crippen molar-refractivity contribution in [3.63, 3.8) is 0 Å². The third-order valence-electron chi connectivity index (χ3n) is 7.88. The van der Waals surface area contributed by atoms with Gasteiger partial charge in [0.25, 0.3) is 0 Å². The largest absolute Gasteiger partial charge is 0.369 e. The maximum atomic E-state index is 13.4. The molecule has 2 amide bonds. The molecular weight excluding hydrogens is 473 g/mol. The third-order valence-corrected chi connectivity index (χ3v) is 11.0. The summed E-state index contributed by atoms with van der Waals surface area (Å²) >= 11 is 12.2. The van der Waals surface area contributed by atoms with E-state index in [1.165, 1.54) is 18.2 Å². The number of hydrogen-bond acceptors (Lipinski definition) is 4. The summed E-state index contributed by atoms with van der Waals surface area (Å²) in [6.07, 6.45) is 3.15. The minimum atomic E-state index is -4.09. The van der Waals surface area contributed by atoms with Crippen LogP contribution in [0.25, 0.3) is 0 Å². The van der Waals surface area contributed by atoms with Crippen LogP contribution in [0, 0.1) is 23.2 Å². The first-order valence-electron chi connectivity index (χ1n) is 10.9. The van der Waals surface area contributed by atoms with Crippen LogP contribution in [0.3, 0.4) is 0 Å². The van der Waals surface area contributed by atoms with Crippen LogP contribution < -0.4 is 11.1 Å². The van der Waals surface area contributed by atoms with E-state index in [1.807, 2.05) is 0 Å². The van der Waals surface area contributed by atoms with Crippen molar-refractivity contribution in [2.75, 3.05) is 6.54 Å². The molecule has 1 aromatic carbocycles. The molecule has 7 nitrogen and oxygen atoms in total. The van der Waals surface area contributed by atoms with Crippen molar-refractivity contribution in [2.45, 2.75) is 62.9 Å². The predicted molar refractivity (Wildman–Crippen MR) is 123 cm³/mol. The molecule has 4 bridgehead atoms. The fourth-order valence-electron chi connectivity index (χ4n) is 6.43. The molecule has 0 heterocycles. The highest BCUT2D eigenvalue weighted by Crippen LogP contribution is 2.64. The van der Waals surface area contributed by atoms with Crippen molar-refractivity contribution < 1.29 is 18.0 Å². The smallest absolute Gasteiger partial charge is 0.245 e. The first-order chi connectivity index (χ1) is 14.8. The average molecular weight is 502 g/mol. The number of nitrogens with two attached hydrogens (primary N) is 1. The van der Waals surface area contributed by atoms with Gasteiger partial charge in [0, 0.05) is 18.0 Å². The van der Waals surface area contributed by atoms with Crippen molar-refractivity contribution in [1.82, 2.24) is 9.62 Å². The number of halogens is 2. The Kier molecular flexibility index (Phi) is 5.84. The molecule has 0 aliphatic heterocycles. The Morgan fingerprint density at radius 2 is 1.88 bits per heavy atom. The summed E-state index contributed by atoms with van der Waals surface area (Å²) in [4.78, 5) is 25.4. The lowest BCUT2D eigenvalue weighted by Crippen LogP contribution is -2.60. The van der Waals surface area contributed by atoms with Crippen LogP contribution >= 0.6 is 23.2 Å². The van der Waals surface area contributed by atoms with Gasteiger partial charge >= 0.3 is 0 Å². The van der Waals surface area contributed by atoms with Crippen LogP contribution in [0.15, 0.2) is 23.1 Å². The second kappa shape index (κ2) is 7.86. The number of hydrogen-bond donors (Lipinski definition) is 2.